The highest BCUT2D eigenvalue weighted by atomic mass is 19.2. The minimum Gasteiger partial charge on any atom is -0.392 e. The average Bonchev–Trinajstić information content (AvgIpc) is 3.21. The Bertz CT molecular complexity index is 2040. The van der Waals surface area contributed by atoms with E-state index in [9.17, 15) is 37.0 Å². The Morgan fingerprint density at radius 1 is 0.796 bits per heavy atom. The third kappa shape index (κ3) is 8.38. The van der Waals surface area contributed by atoms with Crippen LogP contribution in [-0.4, -0.2) is 46.8 Å². The number of amides is 1. The summed E-state index contributed by atoms with van der Waals surface area (Å²) in [6.07, 6.45) is -1.57. The van der Waals surface area contributed by atoms with Crippen LogP contribution in [0.1, 0.15) is 70.0 Å². The number of aliphatic hydroxyl groups is 2. The summed E-state index contributed by atoms with van der Waals surface area (Å²) in [5.74, 6) is -12.6. The Kier molecular flexibility index (Phi) is 12.2. The van der Waals surface area contributed by atoms with Crippen molar-refractivity contribution in [3.63, 3.8) is 0 Å². The maximum absolute atomic E-state index is 14.3. The SMILES string of the molecule is C[C@@H]([C@H](O)c1ccccc1)N(C)C[C@H]1C[C@@H](c2ccc(CO)cc2)O[C@@H](c2ccc(-c3ccccc3CNC(=O)c3c(F)c(F)c(F)c(F)c3F)cc2)O1. The minimum atomic E-state index is -2.34. The molecule has 6 rings (SSSR count). The Morgan fingerprint density at radius 3 is 2.04 bits per heavy atom. The molecule has 0 bridgehead atoms. The van der Waals surface area contributed by atoms with E-state index in [4.69, 9.17) is 9.47 Å². The smallest absolute Gasteiger partial charge is 0.257 e. The highest BCUT2D eigenvalue weighted by Gasteiger charge is 2.34. The van der Waals surface area contributed by atoms with Gasteiger partial charge in [-0.05, 0) is 47.4 Å². The van der Waals surface area contributed by atoms with E-state index < -0.39 is 53.0 Å². The lowest BCUT2D eigenvalue weighted by molar-refractivity contribution is -0.253. The lowest BCUT2D eigenvalue weighted by Crippen LogP contribution is -2.43. The van der Waals surface area contributed by atoms with Crippen LogP contribution in [0.2, 0.25) is 0 Å². The van der Waals surface area contributed by atoms with E-state index in [-0.39, 0.29) is 31.4 Å². The van der Waals surface area contributed by atoms with E-state index >= 15 is 0 Å². The summed E-state index contributed by atoms with van der Waals surface area (Å²) in [7, 11) is 1.94. The minimum absolute atomic E-state index is 0.0836. The van der Waals surface area contributed by atoms with Crippen LogP contribution in [0.15, 0.2) is 103 Å². The number of likely N-dealkylation sites (N-methyl/N-ethyl adjacent to an activating group) is 1. The van der Waals surface area contributed by atoms with E-state index in [0.717, 1.165) is 22.3 Å². The van der Waals surface area contributed by atoms with Gasteiger partial charge in [0.25, 0.3) is 5.91 Å². The maximum Gasteiger partial charge on any atom is 0.257 e. The normalized spacial score (nSPS) is 18.4. The van der Waals surface area contributed by atoms with Crippen LogP contribution < -0.4 is 5.32 Å². The van der Waals surface area contributed by atoms with Gasteiger partial charge in [0.05, 0.1) is 24.9 Å². The predicted molar refractivity (Wildman–Crippen MR) is 191 cm³/mol. The predicted octanol–water partition coefficient (Wildman–Crippen LogP) is 8.07. The zero-order valence-corrected chi connectivity index (χ0v) is 29.5. The molecule has 1 amide bonds. The lowest BCUT2D eigenvalue weighted by Gasteiger charge is -2.39. The van der Waals surface area contributed by atoms with Crippen molar-refractivity contribution in [1.29, 1.82) is 0 Å². The van der Waals surface area contributed by atoms with Gasteiger partial charge < -0.3 is 25.0 Å². The quantitative estimate of drug-likeness (QED) is 0.0680. The largest absolute Gasteiger partial charge is 0.392 e. The second-order valence-electron chi connectivity index (χ2n) is 13.3. The number of hydrogen-bond donors (Lipinski definition) is 3. The molecule has 0 spiro atoms. The van der Waals surface area contributed by atoms with E-state index in [1.165, 1.54) is 0 Å². The molecule has 5 aromatic carbocycles. The molecule has 5 atom stereocenters. The third-order valence-corrected chi connectivity index (χ3v) is 9.79. The van der Waals surface area contributed by atoms with Crippen molar-refractivity contribution >= 4 is 5.91 Å². The number of carbonyl (C=O) groups is 1. The molecule has 1 heterocycles. The molecule has 54 heavy (non-hydrogen) atoms. The molecule has 0 radical (unpaired) electrons. The number of nitrogens with one attached hydrogen (secondary N) is 1. The Hall–Kier alpha value is -4.98. The molecule has 0 aromatic heterocycles. The van der Waals surface area contributed by atoms with E-state index in [1.807, 2.05) is 92.8 Å². The van der Waals surface area contributed by atoms with Crippen molar-refractivity contribution in [2.45, 2.75) is 57.1 Å². The number of benzene rings is 5. The number of rotatable bonds is 12. The summed E-state index contributed by atoms with van der Waals surface area (Å²) < 4.78 is 82.5. The second-order valence-corrected chi connectivity index (χ2v) is 13.3. The standard InChI is InChI=1S/C42H39F5N2O5/c1-24(40(51)28-8-4-3-5-9-28)49(2)22-31-20-33(27-14-12-25(23-50)13-15-27)54-42(53-31)29-18-16-26(17-19-29)32-11-7-6-10-30(32)21-48-41(52)34-35(43)37(45)39(47)38(46)36(34)44/h3-19,24,31,33,40,42,50-51H,20-23H2,1-2H3,(H,48,52)/t24-,31+,33-,40-,42-/m0/s1. The Labute approximate surface area is 309 Å². The summed E-state index contributed by atoms with van der Waals surface area (Å²) in [5.41, 5.74) is 3.56. The molecule has 12 heteroatoms. The Balaban J connectivity index is 1.20. The number of nitrogens with zero attached hydrogens (tertiary/aromatic N) is 1. The monoisotopic (exact) mass is 746 g/mol. The van der Waals surface area contributed by atoms with Gasteiger partial charge >= 0.3 is 0 Å². The van der Waals surface area contributed by atoms with Gasteiger partial charge in [-0.1, -0.05) is 103 Å². The fraction of sp³-hybridized carbons (Fsp3) is 0.262. The van der Waals surface area contributed by atoms with Gasteiger partial charge in [0.15, 0.2) is 29.6 Å². The molecular weight excluding hydrogens is 707 g/mol. The van der Waals surface area contributed by atoms with Gasteiger partial charge in [0.1, 0.15) is 5.56 Å². The maximum atomic E-state index is 14.3. The molecule has 0 unspecified atom stereocenters. The number of halogens is 5. The molecule has 3 N–H and O–H groups in total. The van der Waals surface area contributed by atoms with Crippen LogP contribution in [0.25, 0.3) is 11.1 Å². The van der Waals surface area contributed by atoms with Gasteiger partial charge in [-0.25, -0.2) is 22.0 Å². The van der Waals surface area contributed by atoms with E-state index in [1.54, 1.807) is 24.3 Å². The van der Waals surface area contributed by atoms with Gasteiger partial charge in [-0.15, -0.1) is 0 Å². The van der Waals surface area contributed by atoms with Crippen LogP contribution in [0, 0.1) is 29.1 Å². The van der Waals surface area contributed by atoms with Crippen molar-refractivity contribution < 1.29 is 46.4 Å². The average molecular weight is 747 g/mol. The first-order valence-corrected chi connectivity index (χ1v) is 17.4. The van der Waals surface area contributed by atoms with Crippen molar-refractivity contribution in [1.82, 2.24) is 10.2 Å². The van der Waals surface area contributed by atoms with Gasteiger partial charge in [0.2, 0.25) is 5.82 Å². The molecule has 0 saturated carbocycles. The third-order valence-electron chi connectivity index (χ3n) is 9.79. The van der Waals surface area contributed by atoms with E-state index in [0.29, 0.717) is 29.7 Å². The summed E-state index contributed by atoms with van der Waals surface area (Å²) in [5, 5.41) is 22.9. The molecule has 1 saturated heterocycles. The van der Waals surface area contributed by atoms with Crippen molar-refractivity contribution in [3.8, 4) is 11.1 Å². The zero-order valence-electron chi connectivity index (χ0n) is 29.5. The van der Waals surface area contributed by atoms with Crippen LogP contribution in [0.3, 0.4) is 0 Å². The van der Waals surface area contributed by atoms with Gasteiger partial charge in [0, 0.05) is 31.1 Å². The molecule has 5 aromatic rings. The van der Waals surface area contributed by atoms with Gasteiger partial charge in [-0.2, -0.15) is 0 Å². The molecule has 7 nitrogen and oxygen atoms in total. The topological polar surface area (TPSA) is 91.3 Å². The first-order valence-electron chi connectivity index (χ1n) is 17.4. The van der Waals surface area contributed by atoms with Crippen LogP contribution in [0.4, 0.5) is 22.0 Å². The highest BCUT2D eigenvalue weighted by Crippen LogP contribution is 2.39. The molecule has 1 aliphatic heterocycles. The summed E-state index contributed by atoms with van der Waals surface area (Å²) in [4.78, 5) is 14.7. The van der Waals surface area contributed by atoms with Crippen LogP contribution >= 0.6 is 0 Å². The lowest BCUT2D eigenvalue weighted by atomic mass is 9.97. The number of aliphatic hydroxyl groups excluding tert-OH is 2. The van der Waals surface area contributed by atoms with Crippen molar-refractivity contribution in [2.75, 3.05) is 13.6 Å². The Morgan fingerprint density at radius 2 is 1.39 bits per heavy atom. The first kappa shape index (κ1) is 38.7. The zero-order chi connectivity index (χ0) is 38.5. The van der Waals surface area contributed by atoms with Gasteiger partial charge in [-0.3, -0.25) is 9.69 Å². The van der Waals surface area contributed by atoms with Crippen molar-refractivity contribution in [2.24, 2.45) is 0 Å². The second kappa shape index (κ2) is 17.0. The molecule has 0 aliphatic carbocycles. The first-order chi connectivity index (χ1) is 26.0. The molecular formula is C42H39F5N2O5. The molecule has 1 aliphatic rings. The number of hydrogen-bond acceptors (Lipinski definition) is 6. The molecule has 282 valence electrons. The van der Waals surface area contributed by atoms with Crippen LogP contribution in [-0.2, 0) is 22.6 Å². The van der Waals surface area contributed by atoms with E-state index in [2.05, 4.69) is 10.2 Å². The summed E-state index contributed by atoms with van der Waals surface area (Å²) in [6, 6.07) is 31.0. The van der Waals surface area contributed by atoms with Crippen molar-refractivity contribution in [3.05, 3.63) is 166 Å². The fourth-order valence-corrected chi connectivity index (χ4v) is 6.53. The molecule has 1 fully saturated rings. The fourth-order valence-electron chi connectivity index (χ4n) is 6.53. The highest BCUT2D eigenvalue weighted by molar-refractivity contribution is 5.95. The summed E-state index contributed by atoms with van der Waals surface area (Å²) in [6.45, 7) is 2.10. The number of ether oxygens (including phenoxy) is 2. The number of carbonyl (C=O) groups excluding carboxylic acids is 1. The van der Waals surface area contributed by atoms with Crippen LogP contribution in [0.5, 0.6) is 0 Å². The summed E-state index contributed by atoms with van der Waals surface area (Å²) >= 11 is 0.